The normalized spacial score (nSPS) is 12.5. The number of carbonyl (C=O) groups excluding carboxylic acids is 3. The summed E-state index contributed by atoms with van der Waals surface area (Å²) in [6.45, 7) is 18.3. The number of carbonyl (C=O) groups is 3. The van der Waals surface area contributed by atoms with Crippen molar-refractivity contribution in [1.29, 1.82) is 0 Å². The van der Waals surface area contributed by atoms with Crippen LogP contribution in [0.25, 0.3) is 0 Å². The van der Waals surface area contributed by atoms with Crippen molar-refractivity contribution in [2.45, 2.75) is 81.9 Å². The summed E-state index contributed by atoms with van der Waals surface area (Å²) in [4.78, 5) is 40.7. The van der Waals surface area contributed by atoms with Crippen molar-refractivity contribution in [2.24, 2.45) is 16.2 Å². The third kappa shape index (κ3) is 9.01. The van der Waals surface area contributed by atoms with Crippen LogP contribution in [0.4, 0.5) is 0 Å². The van der Waals surface area contributed by atoms with Crippen LogP contribution in [0, 0.1) is 16.2 Å². The molecule has 0 aliphatic heterocycles. The van der Waals surface area contributed by atoms with E-state index >= 15 is 0 Å². The molecule has 0 spiro atoms. The van der Waals surface area contributed by atoms with Crippen LogP contribution in [0.15, 0.2) is 54.6 Å². The average Bonchev–Trinajstić information content (AvgIpc) is 2.89. The quantitative estimate of drug-likeness (QED) is 0.218. The minimum Gasteiger partial charge on any atom is -0.294 e. The molecule has 0 saturated heterocycles. The van der Waals surface area contributed by atoms with E-state index in [9.17, 15) is 14.4 Å². The Bertz CT molecular complexity index is 1350. The maximum atomic E-state index is 12.8. The SMILES string of the molecule is CC(C)(C)C(=O)c1ccc(CN(Cc2ccc(C(=O)C(C)(C)C)cc2Cl)Cc2ccc(C(=O)C(C)(C)C)cc2Cl)c(Cl)c1. The van der Waals surface area contributed by atoms with Gasteiger partial charge in [0.1, 0.15) is 0 Å². The molecule has 7 heteroatoms. The van der Waals surface area contributed by atoms with E-state index in [0.29, 0.717) is 51.4 Å². The monoisotopic (exact) mass is 641 g/mol. The van der Waals surface area contributed by atoms with Crippen LogP contribution >= 0.6 is 34.8 Å². The van der Waals surface area contributed by atoms with Crippen LogP contribution < -0.4 is 0 Å². The minimum atomic E-state index is -0.522. The Morgan fingerprint density at radius 1 is 0.488 bits per heavy atom. The molecular weight excluding hydrogens is 601 g/mol. The molecule has 0 radical (unpaired) electrons. The van der Waals surface area contributed by atoms with Gasteiger partial charge in [0.25, 0.3) is 0 Å². The molecule has 0 aliphatic rings. The summed E-state index contributed by atoms with van der Waals surface area (Å²) in [7, 11) is 0. The number of rotatable bonds is 9. The summed E-state index contributed by atoms with van der Waals surface area (Å²) >= 11 is 20.2. The van der Waals surface area contributed by atoms with Gasteiger partial charge in [-0.25, -0.2) is 0 Å². The molecule has 0 saturated carbocycles. The van der Waals surface area contributed by atoms with Crippen LogP contribution in [0.5, 0.6) is 0 Å². The summed E-state index contributed by atoms with van der Waals surface area (Å²) in [5, 5.41) is 1.48. The van der Waals surface area contributed by atoms with Crippen molar-refractivity contribution in [2.75, 3.05) is 0 Å². The van der Waals surface area contributed by atoms with Gasteiger partial charge in [0, 0.05) is 67.6 Å². The van der Waals surface area contributed by atoms with Gasteiger partial charge >= 0.3 is 0 Å². The molecule has 3 rings (SSSR count). The molecule has 0 heterocycles. The zero-order valence-electron chi connectivity index (χ0n) is 26.6. The van der Waals surface area contributed by atoms with Gasteiger partial charge in [-0.05, 0) is 34.9 Å². The van der Waals surface area contributed by atoms with Crippen molar-refractivity contribution >= 4 is 52.2 Å². The van der Waals surface area contributed by atoms with E-state index in [1.165, 1.54) is 0 Å². The standard InChI is InChI=1S/C36H42Cl3NO3/c1-34(2,3)31(41)22-10-13-25(28(37)16-22)19-40(20-26-14-11-23(17-29(26)38)32(42)35(4,5)6)21-27-15-12-24(18-30(27)39)33(43)36(7,8)9/h10-18H,19-21H2,1-9H3. The van der Waals surface area contributed by atoms with Gasteiger partial charge in [-0.15, -0.1) is 0 Å². The highest BCUT2D eigenvalue weighted by atomic mass is 35.5. The summed E-state index contributed by atoms with van der Waals surface area (Å²) in [6, 6.07) is 16.3. The number of hydrogen-bond donors (Lipinski definition) is 0. The summed E-state index contributed by atoms with van der Waals surface area (Å²) in [5.74, 6) is 0.0588. The fourth-order valence-corrected chi connectivity index (χ4v) is 5.36. The topological polar surface area (TPSA) is 54.5 Å². The summed E-state index contributed by atoms with van der Waals surface area (Å²) in [6.07, 6.45) is 0. The van der Waals surface area contributed by atoms with Gasteiger partial charge in [-0.1, -0.05) is 134 Å². The first-order valence-electron chi connectivity index (χ1n) is 14.4. The third-order valence-electron chi connectivity index (χ3n) is 7.17. The molecule has 0 amide bonds. The Morgan fingerprint density at radius 3 is 0.907 bits per heavy atom. The van der Waals surface area contributed by atoms with E-state index in [-0.39, 0.29) is 17.3 Å². The van der Waals surface area contributed by atoms with Crippen molar-refractivity contribution < 1.29 is 14.4 Å². The third-order valence-corrected chi connectivity index (χ3v) is 8.23. The highest BCUT2D eigenvalue weighted by Gasteiger charge is 2.26. The number of halogens is 3. The Hall–Kier alpha value is -2.50. The largest absolute Gasteiger partial charge is 0.294 e. The van der Waals surface area contributed by atoms with Crippen LogP contribution in [0.2, 0.25) is 15.1 Å². The van der Waals surface area contributed by atoms with E-state index in [4.69, 9.17) is 34.8 Å². The van der Waals surface area contributed by atoms with E-state index < -0.39 is 16.2 Å². The second-order valence-corrected chi connectivity index (χ2v) is 15.5. The van der Waals surface area contributed by atoms with Gasteiger partial charge < -0.3 is 0 Å². The predicted molar refractivity (Wildman–Crippen MR) is 179 cm³/mol. The molecule has 0 N–H and O–H groups in total. The Balaban J connectivity index is 1.97. The fourth-order valence-electron chi connectivity index (χ4n) is 4.64. The van der Waals surface area contributed by atoms with Crippen molar-refractivity contribution in [3.8, 4) is 0 Å². The van der Waals surface area contributed by atoms with E-state index in [1.807, 2.05) is 98.7 Å². The first-order valence-corrected chi connectivity index (χ1v) is 15.5. The Kier molecular flexibility index (Phi) is 10.8. The molecule has 230 valence electrons. The van der Waals surface area contributed by atoms with Crippen LogP contribution in [0.3, 0.4) is 0 Å². The summed E-state index contributed by atoms with van der Waals surface area (Å²) in [5.41, 5.74) is 2.67. The number of benzene rings is 3. The molecule has 3 aromatic rings. The second kappa shape index (κ2) is 13.2. The lowest BCUT2D eigenvalue weighted by Gasteiger charge is -2.25. The van der Waals surface area contributed by atoms with Gasteiger partial charge in [-0.2, -0.15) is 0 Å². The van der Waals surface area contributed by atoms with Crippen molar-refractivity contribution in [1.82, 2.24) is 4.90 Å². The maximum absolute atomic E-state index is 12.8. The molecule has 4 nitrogen and oxygen atoms in total. The first kappa shape index (κ1) is 35.0. The number of ketones is 3. The predicted octanol–water partition coefficient (Wildman–Crippen LogP) is 10.5. The number of hydrogen-bond acceptors (Lipinski definition) is 4. The molecule has 43 heavy (non-hydrogen) atoms. The zero-order chi connectivity index (χ0) is 32.5. The van der Waals surface area contributed by atoms with Gasteiger partial charge in [-0.3, -0.25) is 19.3 Å². The lowest BCUT2D eigenvalue weighted by Crippen LogP contribution is -2.24. The molecule has 0 unspecified atom stereocenters. The number of nitrogens with zero attached hydrogens (tertiary/aromatic N) is 1. The Labute approximate surface area is 271 Å². The minimum absolute atomic E-state index is 0.0196. The lowest BCUT2D eigenvalue weighted by molar-refractivity contribution is 0.0852. The van der Waals surface area contributed by atoms with Crippen LogP contribution in [-0.4, -0.2) is 22.2 Å². The van der Waals surface area contributed by atoms with E-state index in [0.717, 1.165) is 16.7 Å². The maximum Gasteiger partial charge on any atom is 0.168 e. The molecule has 0 aliphatic carbocycles. The molecule has 0 atom stereocenters. The first-order chi connectivity index (χ1) is 19.7. The lowest BCUT2D eigenvalue weighted by atomic mass is 9.86. The molecule has 3 aromatic carbocycles. The van der Waals surface area contributed by atoms with Crippen LogP contribution in [-0.2, 0) is 19.6 Å². The van der Waals surface area contributed by atoms with Crippen LogP contribution in [0.1, 0.15) is 110 Å². The molecule has 0 bridgehead atoms. The van der Waals surface area contributed by atoms with Gasteiger partial charge in [0.05, 0.1) is 0 Å². The van der Waals surface area contributed by atoms with Gasteiger partial charge in [0.15, 0.2) is 17.3 Å². The second-order valence-electron chi connectivity index (χ2n) is 14.3. The highest BCUT2D eigenvalue weighted by Crippen LogP contribution is 2.31. The molecule has 0 fully saturated rings. The highest BCUT2D eigenvalue weighted by molar-refractivity contribution is 6.32. The Morgan fingerprint density at radius 2 is 0.721 bits per heavy atom. The molecular formula is C36H42Cl3NO3. The molecule has 0 aromatic heterocycles. The smallest absolute Gasteiger partial charge is 0.168 e. The number of Topliss-reactive ketones (excluding diaryl/α,β-unsaturated/α-hetero) is 3. The average molecular weight is 643 g/mol. The van der Waals surface area contributed by atoms with Crippen molar-refractivity contribution in [3.05, 3.63) is 103 Å². The fraction of sp³-hybridized carbons (Fsp3) is 0.417. The van der Waals surface area contributed by atoms with E-state index in [1.54, 1.807) is 18.2 Å². The van der Waals surface area contributed by atoms with Crippen molar-refractivity contribution in [3.63, 3.8) is 0 Å². The zero-order valence-corrected chi connectivity index (χ0v) is 28.9. The van der Waals surface area contributed by atoms with Gasteiger partial charge in [0.2, 0.25) is 0 Å². The van der Waals surface area contributed by atoms with E-state index in [2.05, 4.69) is 4.90 Å². The summed E-state index contributed by atoms with van der Waals surface area (Å²) < 4.78 is 0.